The number of anilines is 1. The summed E-state index contributed by atoms with van der Waals surface area (Å²) in [6, 6.07) is 9.08. The SMILES string of the molecule is CCn1c(-c2ccncc2)nn(CN2c3ccc([N+](=O)[O-])cc3C[C@@H]2C)c1=S. The molecular formula is C19H20N6O2S. The molecule has 3 aromatic rings. The maximum atomic E-state index is 11.1. The van der Waals surface area contributed by atoms with Gasteiger partial charge in [-0.2, -0.15) is 0 Å². The van der Waals surface area contributed by atoms with Crippen molar-refractivity contribution in [3.05, 3.63) is 63.2 Å². The average molecular weight is 396 g/mol. The molecule has 8 nitrogen and oxygen atoms in total. The molecule has 0 unspecified atom stereocenters. The third kappa shape index (κ3) is 3.07. The number of benzene rings is 1. The van der Waals surface area contributed by atoms with Gasteiger partial charge in [-0.25, -0.2) is 4.68 Å². The number of pyridine rings is 1. The number of rotatable bonds is 5. The lowest BCUT2D eigenvalue weighted by Crippen LogP contribution is -2.32. The average Bonchev–Trinajstić information content (AvgIpc) is 3.18. The number of aromatic nitrogens is 4. The van der Waals surface area contributed by atoms with E-state index in [0.717, 1.165) is 35.6 Å². The van der Waals surface area contributed by atoms with E-state index in [0.29, 0.717) is 11.4 Å². The van der Waals surface area contributed by atoms with Gasteiger partial charge < -0.3 is 9.47 Å². The van der Waals surface area contributed by atoms with Gasteiger partial charge in [0.2, 0.25) is 0 Å². The molecule has 9 heteroatoms. The van der Waals surface area contributed by atoms with E-state index in [-0.39, 0.29) is 16.7 Å². The number of nitrogens with zero attached hydrogens (tertiary/aromatic N) is 6. The monoisotopic (exact) mass is 396 g/mol. The topological polar surface area (TPSA) is 82.0 Å². The highest BCUT2D eigenvalue weighted by molar-refractivity contribution is 7.71. The van der Waals surface area contributed by atoms with Crippen LogP contribution in [0, 0.1) is 14.9 Å². The molecule has 0 spiro atoms. The Morgan fingerprint density at radius 2 is 2.04 bits per heavy atom. The van der Waals surface area contributed by atoms with Crippen molar-refractivity contribution in [2.75, 3.05) is 4.90 Å². The Hall–Kier alpha value is -3.07. The third-order valence-corrected chi connectivity index (χ3v) is 5.53. The van der Waals surface area contributed by atoms with Crippen LogP contribution in [0.15, 0.2) is 42.7 Å². The zero-order chi connectivity index (χ0) is 19.8. The molecule has 2 aromatic heterocycles. The minimum atomic E-state index is -0.354. The highest BCUT2D eigenvalue weighted by Gasteiger charge is 2.28. The highest BCUT2D eigenvalue weighted by atomic mass is 32.1. The molecule has 0 saturated carbocycles. The van der Waals surface area contributed by atoms with Crippen LogP contribution in [0.4, 0.5) is 11.4 Å². The summed E-state index contributed by atoms with van der Waals surface area (Å²) in [7, 11) is 0. The fraction of sp³-hybridized carbons (Fsp3) is 0.316. The van der Waals surface area contributed by atoms with Crippen molar-refractivity contribution in [1.82, 2.24) is 19.3 Å². The van der Waals surface area contributed by atoms with Crippen LogP contribution in [0.5, 0.6) is 0 Å². The Balaban J connectivity index is 1.70. The summed E-state index contributed by atoms with van der Waals surface area (Å²) in [5, 5.41) is 15.8. The van der Waals surface area contributed by atoms with Crippen LogP contribution in [-0.2, 0) is 19.6 Å². The molecule has 0 bridgehead atoms. The van der Waals surface area contributed by atoms with Crippen molar-refractivity contribution >= 4 is 23.6 Å². The van der Waals surface area contributed by atoms with Crippen LogP contribution in [0.3, 0.4) is 0 Å². The minimum absolute atomic E-state index is 0.125. The first kappa shape index (κ1) is 18.3. The molecule has 1 aliphatic heterocycles. The summed E-state index contributed by atoms with van der Waals surface area (Å²) >= 11 is 5.67. The smallest absolute Gasteiger partial charge is 0.269 e. The third-order valence-electron chi connectivity index (χ3n) is 5.09. The van der Waals surface area contributed by atoms with E-state index in [1.54, 1.807) is 24.5 Å². The molecule has 3 heterocycles. The lowest BCUT2D eigenvalue weighted by Gasteiger charge is -2.24. The number of nitro benzene ring substituents is 1. The standard InChI is InChI=1S/C19H20N6O2S/c1-3-22-18(14-6-8-20-9-7-14)21-24(19(22)28)12-23-13(2)10-15-11-16(25(26)27)4-5-17(15)23/h4-9,11,13H,3,10,12H2,1-2H3/t13-/m0/s1. The van der Waals surface area contributed by atoms with Crippen molar-refractivity contribution in [2.24, 2.45) is 0 Å². The van der Waals surface area contributed by atoms with Gasteiger partial charge in [0.15, 0.2) is 10.6 Å². The van der Waals surface area contributed by atoms with Crippen LogP contribution in [0.1, 0.15) is 19.4 Å². The second-order valence-electron chi connectivity index (χ2n) is 6.82. The number of hydrogen-bond acceptors (Lipinski definition) is 6. The maximum absolute atomic E-state index is 11.1. The summed E-state index contributed by atoms with van der Waals surface area (Å²) in [6.07, 6.45) is 4.24. The normalized spacial score (nSPS) is 15.6. The van der Waals surface area contributed by atoms with Gasteiger partial charge in [0, 0.05) is 48.4 Å². The predicted octanol–water partition coefficient (Wildman–Crippen LogP) is 3.81. The highest BCUT2D eigenvalue weighted by Crippen LogP contribution is 2.35. The summed E-state index contributed by atoms with van der Waals surface area (Å²) in [4.78, 5) is 17.0. The van der Waals surface area contributed by atoms with E-state index in [4.69, 9.17) is 17.3 Å². The molecule has 144 valence electrons. The number of non-ortho nitro benzene ring substituents is 1. The first-order valence-corrected chi connectivity index (χ1v) is 9.52. The molecule has 0 radical (unpaired) electrons. The molecule has 0 aliphatic carbocycles. The summed E-state index contributed by atoms with van der Waals surface area (Å²) in [6.45, 7) is 5.36. The van der Waals surface area contributed by atoms with Gasteiger partial charge in [0.1, 0.15) is 6.67 Å². The Labute approximate surface area is 167 Å². The number of hydrogen-bond donors (Lipinski definition) is 0. The van der Waals surface area contributed by atoms with Crippen LogP contribution < -0.4 is 4.90 Å². The molecule has 1 atom stereocenters. The molecule has 0 fully saturated rings. The lowest BCUT2D eigenvalue weighted by atomic mass is 10.1. The fourth-order valence-electron chi connectivity index (χ4n) is 3.69. The van der Waals surface area contributed by atoms with E-state index in [1.807, 2.05) is 34.4 Å². The summed E-state index contributed by atoms with van der Waals surface area (Å²) in [5.74, 6) is 0.811. The second-order valence-corrected chi connectivity index (χ2v) is 7.19. The van der Waals surface area contributed by atoms with E-state index in [1.165, 1.54) is 0 Å². The van der Waals surface area contributed by atoms with E-state index < -0.39 is 0 Å². The second kappa shape index (κ2) is 7.16. The first-order chi connectivity index (χ1) is 13.5. The van der Waals surface area contributed by atoms with Gasteiger partial charge in [-0.1, -0.05) is 0 Å². The van der Waals surface area contributed by atoms with E-state index >= 15 is 0 Å². The quantitative estimate of drug-likeness (QED) is 0.370. The van der Waals surface area contributed by atoms with E-state index in [2.05, 4.69) is 16.8 Å². The molecule has 1 aromatic carbocycles. The molecule has 0 N–H and O–H groups in total. The van der Waals surface area contributed by atoms with Crippen molar-refractivity contribution in [2.45, 2.75) is 39.5 Å². The fourth-order valence-corrected chi connectivity index (χ4v) is 4.00. The first-order valence-electron chi connectivity index (χ1n) is 9.11. The molecule has 0 amide bonds. The predicted molar refractivity (Wildman–Crippen MR) is 109 cm³/mol. The minimum Gasteiger partial charge on any atom is -0.349 e. The molecule has 1 aliphatic rings. The largest absolute Gasteiger partial charge is 0.349 e. The Bertz CT molecular complexity index is 1090. The van der Waals surface area contributed by atoms with Crippen LogP contribution in [0.25, 0.3) is 11.4 Å². The van der Waals surface area contributed by atoms with Gasteiger partial charge >= 0.3 is 0 Å². The van der Waals surface area contributed by atoms with Gasteiger partial charge in [0.25, 0.3) is 5.69 Å². The van der Waals surface area contributed by atoms with Crippen molar-refractivity contribution in [3.8, 4) is 11.4 Å². The Morgan fingerprint density at radius 3 is 2.71 bits per heavy atom. The van der Waals surface area contributed by atoms with Crippen molar-refractivity contribution in [1.29, 1.82) is 0 Å². The summed E-state index contributed by atoms with van der Waals surface area (Å²) < 4.78 is 4.47. The lowest BCUT2D eigenvalue weighted by molar-refractivity contribution is -0.384. The molecular weight excluding hydrogens is 376 g/mol. The molecule has 4 rings (SSSR count). The van der Waals surface area contributed by atoms with Gasteiger partial charge in [-0.15, -0.1) is 5.10 Å². The van der Waals surface area contributed by atoms with Gasteiger partial charge in [0.05, 0.1) is 4.92 Å². The van der Waals surface area contributed by atoms with E-state index in [9.17, 15) is 10.1 Å². The van der Waals surface area contributed by atoms with Crippen LogP contribution >= 0.6 is 12.2 Å². The molecule has 28 heavy (non-hydrogen) atoms. The zero-order valence-corrected chi connectivity index (χ0v) is 16.5. The van der Waals surface area contributed by atoms with Gasteiger partial charge in [-0.05, 0) is 56.2 Å². The van der Waals surface area contributed by atoms with Crippen molar-refractivity contribution < 1.29 is 4.92 Å². The summed E-state index contributed by atoms with van der Waals surface area (Å²) in [5.41, 5.74) is 3.07. The Kier molecular flexibility index (Phi) is 4.68. The van der Waals surface area contributed by atoms with Crippen LogP contribution in [-0.4, -0.2) is 30.3 Å². The maximum Gasteiger partial charge on any atom is 0.269 e. The zero-order valence-electron chi connectivity index (χ0n) is 15.6. The van der Waals surface area contributed by atoms with Gasteiger partial charge in [-0.3, -0.25) is 15.1 Å². The molecule has 0 saturated heterocycles. The van der Waals surface area contributed by atoms with Crippen LogP contribution in [0.2, 0.25) is 0 Å². The number of fused-ring (bicyclic) bond motifs is 1. The Morgan fingerprint density at radius 1 is 1.29 bits per heavy atom. The number of nitro groups is 1. The van der Waals surface area contributed by atoms with Crippen molar-refractivity contribution in [3.63, 3.8) is 0 Å².